The van der Waals surface area contributed by atoms with Gasteiger partial charge in [-0.3, -0.25) is 4.79 Å². The lowest BCUT2D eigenvalue weighted by atomic mass is 10.0. The van der Waals surface area contributed by atoms with Crippen LogP contribution >= 0.6 is 0 Å². The van der Waals surface area contributed by atoms with Gasteiger partial charge in [0.15, 0.2) is 0 Å². The monoisotopic (exact) mass is 860 g/mol. The van der Waals surface area contributed by atoms with Crippen molar-refractivity contribution < 1.29 is 15.0 Å². The van der Waals surface area contributed by atoms with Crippen LogP contribution in [0.3, 0.4) is 0 Å². The summed E-state index contributed by atoms with van der Waals surface area (Å²) >= 11 is 0. The van der Waals surface area contributed by atoms with Crippen LogP contribution in [-0.2, 0) is 4.79 Å². The summed E-state index contributed by atoms with van der Waals surface area (Å²) in [6.45, 7) is 4.24. The molecule has 62 heavy (non-hydrogen) atoms. The van der Waals surface area contributed by atoms with Crippen molar-refractivity contribution in [1.29, 1.82) is 0 Å². The first-order chi connectivity index (χ1) is 30.7. The number of aliphatic hydroxyl groups excluding tert-OH is 2. The molecule has 2 unspecified atom stereocenters. The number of carbonyl (C=O) groups excluding carboxylic acids is 1. The molecular formula is C58H101NO3. The van der Waals surface area contributed by atoms with Gasteiger partial charge in [0.2, 0.25) is 5.91 Å². The molecule has 0 aromatic rings. The van der Waals surface area contributed by atoms with Crippen molar-refractivity contribution in [2.24, 2.45) is 0 Å². The van der Waals surface area contributed by atoms with Crippen LogP contribution in [-0.4, -0.2) is 34.9 Å². The Hall–Kier alpha value is -2.69. The molecule has 1 amide bonds. The Kier molecular flexibility index (Phi) is 50.4. The number of amides is 1. The van der Waals surface area contributed by atoms with Crippen LogP contribution in [0, 0.1) is 0 Å². The molecule has 356 valence electrons. The largest absolute Gasteiger partial charge is 0.394 e. The first-order valence-corrected chi connectivity index (χ1v) is 26.4. The summed E-state index contributed by atoms with van der Waals surface area (Å²) in [7, 11) is 0. The lowest BCUT2D eigenvalue weighted by molar-refractivity contribution is -0.123. The summed E-state index contributed by atoms with van der Waals surface area (Å²) in [6.07, 6.45) is 78.0. The average molecular weight is 860 g/mol. The van der Waals surface area contributed by atoms with E-state index in [4.69, 9.17) is 0 Å². The van der Waals surface area contributed by atoms with Crippen LogP contribution in [0.4, 0.5) is 0 Å². The predicted octanol–water partition coefficient (Wildman–Crippen LogP) is 17.4. The molecule has 0 aromatic heterocycles. The molecule has 4 heteroatoms. The number of unbranched alkanes of at least 4 members (excludes halogenated alkanes) is 24. The number of hydrogen-bond acceptors (Lipinski definition) is 3. The molecule has 0 rings (SSSR count). The summed E-state index contributed by atoms with van der Waals surface area (Å²) in [5.41, 5.74) is 0. The number of aliphatic hydroxyl groups is 2. The Balaban J connectivity index is 3.56. The van der Waals surface area contributed by atoms with E-state index in [0.717, 1.165) is 77.0 Å². The zero-order valence-electron chi connectivity index (χ0n) is 40.9. The van der Waals surface area contributed by atoms with Gasteiger partial charge < -0.3 is 15.5 Å². The first-order valence-electron chi connectivity index (χ1n) is 26.4. The van der Waals surface area contributed by atoms with Crippen molar-refractivity contribution in [3.63, 3.8) is 0 Å². The predicted molar refractivity (Wildman–Crippen MR) is 276 cm³/mol. The van der Waals surface area contributed by atoms with Crippen LogP contribution in [0.5, 0.6) is 0 Å². The van der Waals surface area contributed by atoms with Crippen LogP contribution in [0.25, 0.3) is 0 Å². The van der Waals surface area contributed by atoms with Gasteiger partial charge in [0.05, 0.1) is 18.8 Å². The maximum atomic E-state index is 12.5. The van der Waals surface area contributed by atoms with Crippen molar-refractivity contribution >= 4 is 5.91 Å². The fraction of sp³-hybridized carbons (Fsp3) is 0.707. The second-order valence-electron chi connectivity index (χ2n) is 17.6. The molecule has 0 saturated carbocycles. The molecule has 0 aliphatic carbocycles. The second kappa shape index (κ2) is 52.7. The molecule has 0 aliphatic rings. The molecule has 4 nitrogen and oxygen atoms in total. The average Bonchev–Trinajstić information content (AvgIpc) is 3.28. The van der Waals surface area contributed by atoms with Crippen molar-refractivity contribution in [1.82, 2.24) is 5.32 Å². The summed E-state index contributed by atoms with van der Waals surface area (Å²) in [5.74, 6) is -0.0391. The lowest BCUT2D eigenvalue weighted by Crippen LogP contribution is -2.45. The quantitative estimate of drug-likeness (QED) is 0.0422. The second-order valence-corrected chi connectivity index (χ2v) is 17.6. The van der Waals surface area contributed by atoms with Crippen molar-refractivity contribution in [3.8, 4) is 0 Å². The van der Waals surface area contributed by atoms with Gasteiger partial charge in [-0.05, 0) is 77.0 Å². The van der Waals surface area contributed by atoms with E-state index in [0.29, 0.717) is 12.8 Å². The number of nitrogens with one attached hydrogen (secondary N) is 1. The minimum absolute atomic E-state index is 0.0391. The Morgan fingerprint density at radius 3 is 1.06 bits per heavy atom. The van der Waals surface area contributed by atoms with E-state index in [1.54, 1.807) is 0 Å². The Morgan fingerprint density at radius 2 is 0.710 bits per heavy atom. The van der Waals surface area contributed by atoms with Gasteiger partial charge in [0, 0.05) is 6.42 Å². The topological polar surface area (TPSA) is 69.6 Å². The number of rotatable bonds is 47. The third kappa shape index (κ3) is 48.3. The molecule has 0 heterocycles. The van der Waals surface area contributed by atoms with Crippen molar-refractivity contribution in [2.45, 2.75) is 257 Å². The van der Waals surface area contributed by atoms with E-state index in [1.165, 1.54) is 141 Å². The molecule has 2 atom stereocenters. The molecule has 0 spiro atoms. The Bertz CT molecular complexity index is 1160. The first kappa shape index (κ1) is 59.3. The standard InChI is InChI=1S/C58H101NO3/c1-3-5-7-9-11-13-15-17-19-20-21-22-23-24-25-26-27-28-29-30-31-32-33-34-35-36-37-38-40-42-44-46-48-50-52-54-58(62)59-56(55-60)57(61)53-51-49-47-45-43-41-39-18-16-14-12-10-8-6-4-2/h5,7,11,13,17,19,21-22,24-25,27-28,30-31,33-34,56-57,60-61H,3-4,6,8-10,12,14-16,18,20,23,26,29,32,35-55H2,1-2H3,(H,59,62)/b7-5-,13-11-,19-17-,22-21-,25-24-,28-27-,31-30-,34-33-. The normalized spacial score (nSPS) is 13.7. The van der Waals surface area contributed by atoms with Crippen molar-refractivity contribution in [3.05, 3.63) is 97.2 Å². The fourth-order valence-corrected chi connectivity index (χ4v) is 7.61. The Labute approximate surface area is 385 Å². The summed E-state index contributed by atoms with van der Waals surface area (Å²) in [6, 6.07) is -0.544. The van der Waals surface area contributed by atoms with E-state index < -0.39 is 12.1 Å². The zero-order chi connectivity index (χ0) is 44.9. The van der Waals surface area contributed by atoms with Crippen LogP contribution in [0.1, 0.15) is 245 Å². The van der Waals surface area contributed by atoms with Gasteiger partial charge in [-0.25, -0.2) is 0 Å². The molecule has 3 N–H and O–H groups in total. The molecule has 0 bridgehead atoms. The molecule has 0 aliphatic heterocycles. The number of hydrogen-bond donors (Lipinski definition) is 3. The number of allylic oxidation sites excluding steroid dienone is 16. The van der Waals surface area contributed by atoms with E-state index in [2.05, 4.69) is 116 Å². The third-order valence-electron chi connectivity index (χ3n) is 11.6. The third-order valence-corrected chi connectivity index (χ3v) is 11.6. The summed E-state index contributed by atoms with van der Waals surface area (Å²) in [4.78, 5) is 12.5. The molecular weight excluding hydrogens is 759 g/mol. The van der Waals surface area contributed by atoms with Crippen LogP contribution in [0.2, 0.25) is 0 Å². The summed E-state index contributed by atoms with van der Waals surface area (Å²) in [5, 5.41) is 23.2. The van der Waals surface area contributed by atoms with Crippen molar-refractivity contribution in [2.75, 3.05) is 6.61 Å². The van der Waals surface area contributed by atoms with Crippen LogP contribution < -0.4 is 5.32 Å². The Morgan fingerprint density at radius 1 is 0.403 bits per heavy atom. The number of carbonyl (C=O) groups is 1. The maximum Gasteiger partial charge on any atom is 0.220 e. The lowest BCUT2D eigenvalue weighted by Gasteiger charge is -2.22. The maximum absolute atomic E-state index is 12.5. The van der Waals surface area contributed by atoms with E-state index in [1.807, 2.05) is 0 Å². The highest BCUT2D eigenvalue weighted by molar-refractivity contribution is 5.76. The molecule has 0 fully saturated rings. The van der Waals surface area contributed by atoms with Crippen LogP contribution in [0.15, 0.2) is 97.2 Å². The van der Waals surface area contributed by atoms with E-state index in [9.17, 15) is 15.0 Å². The van der Waals surface area contributed by atoms with Gasteiger partial charge in [-0.15, -0.1) is 0 Å². The minimum atomic E-state index is -0.666. The van der Waals surface area contributed by atoms with E-state index >= 15 is 0 Å². The van der Waals surface area contributed by atoms with E-state index in [-0.39, 0.29) is 12.5 Å². The molecule has 0 radical (unpaired) electrons. The van der Waals surface area contributed by atoms with Gasteiger partial charge in [0.1, 0.15) is 0 Å². The highest BCUT2D eigenvalue weighted by atomic mass is 16.3. The van der Waals surface area contributed by atoms with Gasteiger partial charge in [0.25, 0.3) is 0 Å². The van der Waals surface area contributed by atoms with Gasteiger partial charge in [-0.1, -0.05) is 259 Å². The highest BCUT2D eigenvalue weighted by Crippen LogP contribution is 2.16. The van der Waals surface area contributed by atoms with Gasteiger partial charge in [-0.2, -0.15) is 0 Å². The SMILES string of the molecule is CC/C=C\C/C=C\C/C=C\C/C=C\C/C=C\C/C=C\C/C=C\C/C=C\CCCCCCCCCCCCC(=O)NC(CO)C(O)CCCCCCCCCCCCCCCCC. The fourth-order valence-electron chi connectivity index (χ4n) is 7.61. The molecule has 0 saturated heterocycles. The highest BCUT2D eigenvalue weighted by Gasteiger charge is 2.20. The smallest absolute Gasteiger partial charge is 0.220 e. The zero-order valence-corrected chi connectivity index (χ0v) is 40.9. The van der Waals surface area contributed by atoms with Gasteiger partial charge >= 0.3 is 0 Å². The molecule has 0 aromatic carbocycles. The minimum Gasteiger partial charge on any atom is -0.394 e. The summed E-state index contributed by atoms with van der Waals surface area (Å²) < 4.78 is 0.